The van der Waals surface area contributed by atoms with Gasteiger partial charge in [0.1, 0.15) is 5.56 Å². The van der Waals surface area contributed by atoms with Crippen LogP contribution in [0.4, 0.5) is 0 Å². The van der Waals surface area contributed by atoms with Gasteiger partial charge in [-0.25, -0.2) is 4.68 Å². The normalized spacial score (nSPS) is 13.1. The summed E-state index contributed by atoms with van der Waals surface area (Å²) in [5, 5.41) is 14.9. The van der Waals surface area contributed by atoms with Gasteiger partial charge in [0.15, 0.2) is 0 Å². The summed E-state index contributed by atoms with van der Waals surface area (Å²) < 4.78 is 2.46. The first-order chi connectivity index (χ1) is 11.6. The fourth-order valence-corrected chi connectivity index (χ4v) is 2.98. The minimum Gasteiger partial charge on any atom is -0.493 e. The number of aromatic hydroxyl groups is 1. The van der Waals surface area contributed by atoms with E-state index in [4.69, 9.17) is 0 Å². The average molecular weight is 429 g/mol. The Bertz CT molecular complexity index is 1140. The highest BCUT2D eigenvalue weighted by Crippen LogP contribution is 2.19. The highest BCUT2D eigenvalue weighted by Gasteiger charge is 2.13. The molecule has 0 fully saturated rings. The summed E-state index contributed by atoms with van der Waals surface area (Å²) in [6.07, 6.45) is 5.32. The first kappa shape index (κ1) is 14.9. The van der Waals surface area contributed by atoms with Crippen LogP contribution in [0.2, 0.25) is 0 Å². The van der Waals surface area contributed by atoms with E-state index < -0.39 is 0 Å². The molecule has 0 aliphatic carbocycles. The van der Waals surface area contributed by atoms with E-state index in [0.29, 0.717) is 5.69 Å². The van der Waals surface area contributed by atoms with E-state index in [1.165, 1.54) is 4.68 Å². The van der Waals surface area contributed by atoms with Crippen molar-refractivity contribution in [3.05, 3.63) is 84.3 Å². The number of nitrogens with one attached hydrogen (secondary N) is 1. The van der Waals surface area contributed by atoms with Gasteiger partial charge in [0.05, 0.1) is 11.0 Å². The Labute approximate surface area is 150 Å². The third kappa shape index (κ3) is 2.58. The van der Waals surface area contributed by atoms with Gasteiger partial charge in [-0.05, 0) is 76.4 Å². The molecule has 0 amide bonds. The maximum atomic E-state index is 12.2. The van der Waals surface area contributed by atoms with E-state index in [2.05, 4.69) is 32.7 Å². The van der Waals surface area contributed by atoms with Crippen molar-refractivity contribution >= 4 is 34.7 Å². The lowest BCUT2D eigenvalue weighted by Crippen LogP contribution is -2.12. The van der Waals surface area contributed by atoms with Gasteiger partial charge in [-0.15, -0.1) is 0 Å². The van der Waals surface area contributed by atoms with Crippen LogP contribution in [-0.4, -0.2) is 14.9 Å². The molecule has 6 heteroatoms. The lowest BCUT2D eigenvalue weighted by molar-refractivity contribution is 0.432. The number of hydrogen-bond acceptors (Lipinski definition) is 3. The Morgan fingerprint density at radius 3 is 2.75 bits per heavy atom. The van der Waals surface area contributed by atoms with Crippen molar-refractivity contribution in [2.24, 2.45) is 4.99 Å². The van der Waals surface area contributed by atoms with Crippen LogP contribution in [0.3, 0.4) is 0 Å². The summed E-state index contributed by atoms with van der Waals surface area (Å²) in [5.41, 5.74) is 1.58. The lowest BCUT2D eigenvalue weighted by Gasteiger charge is -2.04. The van der Waals surface area contributed by atoms with Crippen LogP contribution in [0.5, 0.6) is 5.88 Å². The Morgan fingerprint density at radius 2 is 1.96 bits per heavy atom. The summed E-state index contributed by atoms with van der Waals surface area (Å²) >= 11 is 2.20. The van der Waals surface area contributed by atoms with Gasteiger partial charge in [-0.3, -0.25) is 14.9 Å². The Balaban J connectivity index is 1.84. The molecule has 0 saturated carbocycles. The Kier molecular flexibility index (Phi) is 3.61. The van der Waals surface area contributed by atoms with Gasteiger partial charge in [-0.2, -0.15) is 0 Å². The van der Waals surface area contributed by atoms with Crippen molar-refractivity contribution < 1.29 is 5.11 Å². The molecule has 5 nitrogen and oxygen atoms in total. The molecule has 2 N–H and O–H groups in total. The zero-order valence-electron chi connectivity index (χ0n) is 12.4. The minimum atomic E-state index is -0.341. The number of fused-ring (bicyclic) bond motifs is 1. The van der Waals surface area contributed by atoms with Crippen LogP contribution in [0.25, 0.3) is 17.8 Å². The molecule has 1 aliphatic rings. The number of rotatable bonds is 2. The van der Waals surface area contributed by atoms with Crippen LogP contribution >= 0.6 is 22.6 Å². The minimum absolute atomic E-state index is 0.109. The van der Waals surface area contributed by atoms with E-state index >= 15 is 0 Å². The fraction of sp³-hybridized carbons (Fsp3) is 0. The SMILES string of the molecule is O=c1[nH]n(-c2ccc(I)cc2)c(O)c1C=c1ccc2c(c1)C=CN=2. The van der Waals surface area contributed by atoms with Crippen LogP contribution in [0.15, 0.2) is 58.5 Å². The highest BCUT2D eigenvalue weighted by molar-refractivity contribution is 14.1. The van der Waals surface area contributed by atoms with E-state index in [9.17, 15) is 9.90 Å². The molecule has 4 rings (SSSR count). The molecule has 1 aromatic heterocycles. The quantitative estimate of drug-likeness (QED) is 0.612. The van der Waals surface area contributed by atoms with E-state index in [0.717, 1.165) is 19.7 Å². The van der Waals surface area contributed by atoms with Crippen molar-refractivity contribution in [2.75, 3.05) is 0 Å². The van der Waals surface area contributed by atoms with E-state index in [1.807, 2.05) is 48.5 Å². The van der Waals surface area contributed by atoms with Crippen LogP contribution < -0.4 is 16.1 Å². The smallest absolute Gasteiger partial charge is 0.275 e. The number of H-pyrrole nitrogens is 1. The summed E-state index contributed by atoms with van der Waals surface area (Å²) in [6.45, 7) is 0. The molecule has 0 unspecified atom stereocenters. The molecular formula is C18H12IN3O2. The summed E-state index contributed by atoms with van der Waals surface area (Å²) in [4.78, 5) is 16.5. The Morgan fingerprint density at radius 1 is 1.17 bits per heavy atom. The molecule has 118 valence electrons. The monoisotopic (exact) mass is 429 g/mol. The lowest BCUT2D eigenvalue weighted by atomic mass is 10.1. The van der Waals surface area contributed by atoms with E-state index in [-0.39, 0.29) is 17.0 Å². The standard InChI is InChI=1S/C18H12IN3O2/c19-13-2-4-14(5-3-13)22-18(24)15(17(23)21-22)10-11-1-6-16-12(9-11)7-8-20-16/h1-10,24H,(H,21,23). The van der Waals surface area contributed by atoms with Gasteiger partial charge in [-0.1, -0.05) is 6.07 Å². The number of halogens is 1. The maximum absolute atomic E-state index is 12.2. The molecule has 0 spiro atoms. The molecule has 0 saturated heterocycles. The van der Waals surface area contributed by atoms with Gasteiger partial charge in [0, 0.05) is 15.3 Å². The first-order valence-corrected chi connectivity index (χ1v) is 8.36. The molecular weight excluding hydrogens is 417 g/mol. The summed E-state index contributed by atoms with van der Waals surface area (Å²) in [6, 6.07) is 13.2. The molecule has 0 atom stereocenters. The van der Waals surface area contributed by atoms with Gasteiger partial charge in [0.25, 0.3) is 5.56 Å². The maximum Gasteiger partial charge on any atom is 0.275 e. The predicted molar refractivity (Wildman–Crippen MR) is 101 cm³/mol. The van der Waals surface area contributed by atoms with Gasteiger partial charge in [0.2, 0.25) is 5.88 Å². The second-order valence-electron chi connectivity index (χ2n) is 5.40. The molecule has 3 aromatic rings. The number of nitrogens with zero attached hydrogens (tertiary/aromatic N) is 2. The zero-order chi connectivity index (χ0) is 16.7. The number of aromatic amines is 1. The number of hydrogen-bond donors (Lipinski definition) is 2. The molecule has 2 aromatic carbocycles. The fourth-order valence-electron chi connectivity index (χ4n) is 2.62. The van der Waals surface area contributed by atoms with Crippen molar-refractivity contribution in [2.45, 2.75) is 0 Å². The predicted octanol–water partition coefficient (Wildman–Crippen LogP) is 1.91. The molecule has 0 radical (unpaired) electrons. The van der Waals surface area contributed by atoms with Crippen molar-refractivity contribution in [1.29, 1.82) is 0 Å². The largest absolute Gasteiger partial charge is 0.493 e. The molecule has 0 bridgehead atoms. The third-order valence-corrected chi connectivity index (χ3v) is 4.54. The molecule has 2 heterocycles. The number of benzene rings is 2. The molecule has 24 heavy (non-hydrogen) atoms. The van der Waals surface area contributed by atoms with Gasteiger partial charge < -0.3 is 5.11 Å². The second-order valence-corrected chi connectivity index (χ2v) is 6.64. The third-order valence-electron chi connectivity index (χ3n) is 3.83. The van der Waals surface area contributed by atoms with Crippen LogP contribution in [0, 0.1) is 3.57 Å². The van der Waals surface area contributed by atoms with Crippen LogP contribution in [-0.2, 0) is 0 Å². The average Bonchev–Trinajstić information content (AvgIpc) is 3.15. The van der Waals surface area contributed by atoms with Crippen molar-refractivity contribution in [3.63, 3.8) is 0 Å². The second kappa shape index (κ2) is 5.79. The van der Waals surface area contributed by atoms with Gasteiger partial charge >= 0.3 is 0 Å². The van der Waals surface area contributed by atoms with Crippen LogP contribution in [0.1, 0.15) is 11.1 Å². The van der Waals surface area contributed by atoms with E-state index in [1.54, 1.807) is 12.3 Å². The first-order valence-electron chi connectivity index (χ1n) is 7.28. The molecule has 1 aliphatic heterocycles. The zero-order valence-corrected chi connectivity index (χ0v) is 14.6. The topological polar surface area (TPSA) is 70.4 Å². The summed E-state index contributed by atoms with van der Waals surface area (Å²) in [7, 11) is 0. The highest BCUT2D eigenvalue weighted by atomic mass is 127. The Hall–Kier alpha value is -2.61. The van der Waals surface area contributed by atoms with Crippen molar-refractivity contribution in [1.82, 2.24) is 9.78 Å². The summed E-state index contributed by atoms with van der Waals surface area (Å²) in [5.74, 6) is -0.109. The number of aromatic nitrogens is 2. The van der Waals surface area contributed by atoms with Crippen molar-refractivity contribution in [3.8, 4) is 11.6 Å².